The highest BCUT2D eigenvalue weighted by molar-refractivity contribution is 5.97. The molecule has 6 nitrogen and oxygen atoms in total. The van der Waals surface area contributed by atoms with Gasteiger partial charge in [-0.25, -0.2) is 0 Å². The Kier molecular flexibility index (Phi) is 3.91. The number of hydrogen-bond acceptors (Lipinski definition) is 4. The number of nitrogens with one attached hydrogen (secondary N) is 2. The van der Waals surface area contributed by atoms with Gasteiger partial charge in [-0.1, -0.05) is 0 Å². The number of aliphatic hydroxyl groups excluding tert-OH is 1. The molecule has 96 valence electrons. The minimum atomic E-state index is -0.698. The van der Waals surface area contributed by atoms with E-state index < -0.39 is 6.10 Å². The van der Waals surface area contributed by atoms with Crippen LogP contribution in [0.25, 0.3) is 10.9 Å². The molecule has 0 radical (unpaired) electrons. The summed E-state index contributed by atoms with van der Waals surface area (Å²) >= 11 is 0. The van der Waals surface area contributed by atoms with Crippen LogP contribution in [0.15, 0.2) is 24.4 Å². The predicted octanol–water partition coefficient (Wildman–Crippen LogP) is 0.300. The van der Waals surface area contributed by atoms with Gasteiger partial charge >= 0.3 is 0 Å². The van der Waals surface area contributed by atoms with Gasteiger partial charge in [0.15, 0.2) is 0 Å². The lowest BCUT2D eigenvalue weighted by Crippen LogP contribution is -2.34. The number of carbonyl (C=O) groups excluding carboxylic acids is 1. The molecule has 0 bridgehead atoms. The van der Waals surface area contributed by atoms with Gasteiger partial charge in [-0.15, -0.1) is 0 Å². The molecule has 0 saturated heterocycles. The third kappa shape index (κ3) is 2.85. The molecule has 0 spiro atoms. The number of aromatic nitrogens is 2. The Morgan fingerprint density at radius 1 is 1.61 bits per heavy atom. The van der Waals surface area contributed by atoms with Crippen molar-refractivity contribution < 1.29 is 14.6 Å². The van der Waals surface area contributed by atoms with Gasteiger partial charge in [-0.3, -0.25) is 9.89 Å². The topological polar surface area (TPSA) is 87.2 Å². The van der Waals surface area contributed by atoms with Gasteiger partial charge in [0.05, 0.1) is 24.4 Å². The van der Waals surface area contributed by atoms with Crippen LogP contribution in [0.1, 0.15) is 10.4 Å². The van der Waals surface area contributed by atoms with E-state index in [1.165, 1.54) is 7.11 Å². The number of aliphatic hydroxyl groups is 1. The number of ether oxygens (including phenoxy) is 1. The van der Waals surface area contributed by atoms with E-state index in [2.05, 4.69) is 15.5 Å². The summed E-state index contributed by atoms with van der Waals surface area (Å²) in [6.07, 6.45) is 0.961. The summed E-state index contributed by atoms with van der Waals surface area (Å²) in [6.45, 7) is 0.358. The summed E-state index contributed by atoms with van der Waals surface area (Å²) in [5, 5.41) is 19.6. The van der Waals surface area contributed by atoms with E-state index in [9.17, 15) is 9.90 Å². The second-order valence-electron chi connectivity index (χ2n) is 3.99. The Morgan fingerprint density at radius 3 is 3.22 bits per heavy atom. The Morgan fingerprint density at radius 2 is 2.44 bits per heavy atom. The highest BCUT2D eigenvalue weighted by Crippen LogP contribution is 2.12. The number of aromatic amines is 1. The maximum Gasteiger partial charge on any atom is 0.251 e. The van der Waals surface area contributed by atoms with Crippen LogP contribution in [0.2, 0.25) is 0 Å². The van der Waals surface area contributed by atoms with Gasteiger partial charge in [-0.2, -0.15) is 5.10 Å². The monoisotopic (exact) mass is 249 g/mol. The van der Waals surface area contributed by atoms with E-state index >= 15 is 0 Å². The summed E-state index contributed by atoms with van der Waals surface area (Å²) in [7, 11) is 1.50. The van der Waals surface area contributed by atoms with E-state index in [4.69, 9.17) is 4.74 Å². The standard InChI is InChI=1S/C12H15N3O3/c1-18-7-10(16)6-13-12(17)8-2-3-11-9(4-8)5-14-15-11/h2-5,10,16H,6-7H2,1H3,(H,13,17)(H,14,15). The highest BCUT2D eigenvalue weighted by atomic mass is 16.5. The molecule has 0 aliphatic heterocycles. The Bertz CT molecular complexity index is 538. The molecule has 0 saturated carbocycles. The number of rotatable bonds is 5. The van der Waals surface area contributed by atoms with Crippen molar-refractivity contribution in [1.29, 1.82) is 0 Å². The molecule has 6 heteroatoms. The summed E-state index contributed by atoms with van der Waals surface area (Å²) in [4.78, 5) is 11.8. The first-order valence-corrected chi connectivity index (χ1v) is 5.59. The molecule has 1 aromatic carbocycles. The average Bonchev–Trinajstić information content (AvgIpc) is 2.83. The van der Waals surface area contributed by atoms with E-state index in [0.29, 0.717) is 5.56 Å². The van der Waals surface area contributed by atoms with Gasteiger partial charge in [0, 0.05) is 24.6 Å². The Balaban J connectivity index is 1.99. The molecule has 0 aliphatic rings. The molecule has 2 aromatic rings. The summed E-state index contributed by atoms with van der Waals surface area (Å²) in [6, 6.07) is 5.25. The minimum Gasteiger partial charge on any atom is -0.389 e. The van der Waals surface area contributed by atoms with Gasteiger partial charge in [0.25, 0.3) is 5.91 Å². The van der Waals surface area contributed by atoms with Gasteiger partial charge in [0.2, 0.25) is 0 Å². The van der Waals surface area contributed by atoms with Gasteiger partial charge in [-0.05, 0) is 18.2 Å². The first-order valence-electron chi connectivity index (χ1n) is 5.59. The smallest absolute Gasteiger partial charge is 0.251 e. The number of methoxy groups -OCH3 is 1. The van der Waals surface area contributed by atoms with Gasteiger partial charge in [0.1, 0.15) is 0 Å². The first kappa shape index (κ1) is 12.5. The van der Waals surface area contributed by atoms with Crippen LogP contribution in [0.5, 0.6) is 0 Å². The van der Waals surface area contributed by atoms with Crippen LogP contribution in [-0.2, 0) is 4.74 Å². The lowest BCUT2D eigenvalue weighted by Gasteiger charge is -2.10. The molecule has 3 N–H and O–H groups in total. The number of nitrogens with zero attached hydrogens (tertiary/aromatic N) is 1. The van der Waals surface area contributed by atoms with Crippen LogP contribution in [0, 0.1) is 0 Å². The fourth-order valence-corrected chi connectivity index (χ4v) is 1.65. The number of hydrogen-bond donors (Lipinski definition) is 3. The third-order valence-corrected chi connectivity index (χ3v) is 2.56. The maximum atomic E-state index is 11.8. The molecule has 1 heterocycles. The zero-order chi connectivity index (χ0) is 13.0. The number of fused-ring (bicyclic) bond motifs is 1. The van der Waals surface area contributed by atoms with Crippen LogP contribution >= 0.6 is 0 Å². The van der Waals surface area contributed by atoms with Crippen LogP contribution < -0.4 is 5.32 Å². The molecule has 1 unspecified atom stereocenters. The Labute approximate surface area is 104 Å². The van der Waals surface area contributed by atoms with Crippen molar-refractivity contribution in [3.63, 3.8) is 0 Å². The van der Waals surface area contributed by atoms with Crippen LogP contribution in [0.4, 0.5) is 0 Å². The van der Waals surface area contributed by atoms with E-state index in [1.807, 2.05) is 0 Å². The fraction of sp³-hybridized carbons (Fsp3) is 0.333. The molecule has 1 atom stereocenters. The zero-order valence-corrected chi connectivity index (χ0v) is 10.0. The summed E-state index contributed by atoms with van der Waals surface area (Å²) in [5.74, 6) is -0.228. The van der Waals surface area contributed by atoms with Crippen LogP contribution in [-0.4, -0.2) is 47.6 Å². The molecule has 0 aliphatic carbocycles. The van der Waals surface area contributed by atoms with Crippen molar-refractivity contribution in [3.8, 4) is 0 Å². The largest absolute Gasteiger partial charge is 0.389 e. The minimum absolute atomic E-state index is 0.163. The van der Waals surface area contributed by atoms with Crippen molar-refractivity contribution in [3.05, 3.63) is 30.0 Å². The second-order valence-corrected chi connectivity index (χ2v) is 3.99. The molecular weight excluding hydrogens is 234 g/mol. The SMILES string of the molecule is COCC(O)CNC(=O)c1ccc2[nH]ncc2c1. The number of H-pyrrole nitrogens is 1. The van der Waals surface area contributed by atoms with E-state index in [0.717, 1.165) is 10.9 Å². The lowest BCUT2D eigenvalue weighted by atomic mass is 10.1. The number of amides is 1. The molecule has 2 rings (SSSR count). The molecule has 18 heavy (non-hydrogen) atoms. The van der Waals surface area contributed by atoms with Crippen molar-refractivity contribution >= 4 is 16.8 Å². The Hall–Kier alpha value is -1.92. The lowest BCUT2D eigenvalue weighted by molar-refractivity contribution is 0.0610. The van der Waals surface area contributed by atoms with Crippen molar-refractivity contribution in [1.82, 2.24) is 15.5 Å². The maximum absolute atomic E-state index is 11.8. The fourth-order valence-electron chi connectivity index (χ4n) is 1.65. The quantitative estimate of drug-likeness (QED) is 0.711. The number of benzene rings is 1. The summed E-state index contributed by atoms with van der Waals surface area (Å²) in [5.41, 5.74) is 1.42. The summed E-state index contributed by atoms with van der Waals surface area (Å²) < 4.78 is 4.78. The van der Waals surface area contributed by atoms with Gasteiger partial charge < -0.3 is 15.2 Å². The van der Waals surface area contributed by atoms with E-state index in [-0.39, 0.29) is 19.1 Å². The van der Waals surface area contributed by atoms with E-state index in [1.54, 1.807) is 24.4 Å². The molecular formula is C12H15N3O3. The average molecular weight is 249 g/mol. The van der Waals surface area contributed by atoms with Crippen LogP contribution in [0.3, 0.4) is 0 Å². The van der Waals surface area contributed by atoms with Crippen molar-refractivity contribution in [2.45, 2.75) is 6.10 Å². The normalized spacial score (nSPS) is 12.6. The van der Waals surface area contributed by atoms with Crippen molar-refractivity contribution in [2.24, 2.45) is 0 Å². The first-order chi connectivity index (χ1) is 8.70. The molecule has 1 amide bonds. The van der Waals surface area contributed by atoms with Crippen molar-refractivity contribution in [2.75, 3.05) is 20.3 Å². The molecule has 1 aromatic heterocycles. The molecule has 0 fully saturated rings. The zero-order valence-electron chi connectivity index (χ0n) is 10.0. The second kappa shape index (κ2) is 5.61. The number of carbonyl (C=O) groups is 1. The third-order valence-electron chi connectivity index (χ3n) is 2.56. The predicted molar refractivity (Wildman–Crippen MR) is 66.3 cm³/mol. The highest BCUT2D eigenvalue weighted by Gasteiger charge is 2.09.